The molecule has 1 fully saturated rings. The Hall–Kier alpha value is -3.16. The highest BCUT2D eigenvalue weighted by Crippen LogP contribution is 2.29. The molecule has 0 saturated heterocycles. The normalized spacial score (nSPS) is 20.6. The highest BCUT2D eigenvalue weighted by atomic mass is 16.2. The predicted molar refractivity (Wildman–Crippen MR) is 125 cm³/mol. The number of amides is 3. The number of nitrogens with zero attached hydrogens (tertiary/aromatic N) is 3. The number of hydrogen-bond acceptors (Lipinski definition) is 4. The minimum atomic E-state index is -1.05. The predicted octanol–water partition coefficient (Wildman–Crippen LogP) is 2.80. The van der Waals surface area contributed by atoms with Gasteiger partial charge in [-0.25, -0.2) is 0 Å². The Bertz CT molecular complexity index is 1040. The lowest BCUT2D eigenvalue weighted by molar-refractivity contribution is -0.133. The number of aromatic nitrogens is 2. The first kappa shape index (κ1) is 23.0. The summed E-state index contributed by atoms with van der Waals surface area (Å²) in [6, 6.07) is 9.62. The van der Waals surface area contributed by atoms with E-state index in [9.17, 15) is 14.4 Å². The lowest BCUT2D eigenvalue weighted by atomic mass is 9.94. The fourth-order valence-electron chi connectivity index (χ4n) is 4.72. The average Bonchev–Trinajstić information content (AvgIpc) is 3.46. The summed E-state index contributed by atoms with van der Waals surface area (Å²) >= 11 is 0. The van der Waals surface area contributed by atoms with Crippen LogP contribution in [0.4, 0.5) is 0 Å². The van der Waals surface area contributed by atoms with Crippen LogP contribution in [0.2, 0.25) is 0 Å². The standard InChI is InChI=1S/C25H33N5O3/c1-4-13-29-23(32)21-14-20(22(31)26-15-18-11-9-17(2)10-12-18)28-30(21)16-25(29,3)24(33)27-19-7-5-6-8-19/h9-12,14,19H,4-8,13,15-16H2,1-3H3,(H,26,31)(H,27,33). The number of carbonyl (C=O) groups is 3. The van der Waals surface area contributed by atoms with Gasteiger partial charge in [-0.2, -0.15) is 5.10 Å². The van der Waals surface area contributed by atoms with E-state index in [0.717, 1.165) is 43.2 Å². The fourth-order valence-corrected chi connectivity index (χ4v) is 4.72. The first-order chi connectivity index (χ1) is 15.8. The van der Waals surface area contributed by atoms with E-state index in [1.165, 1.54) is 10.7 Å². The third kappa shape index (κ3) is 4.65. The molecule has 1 aromatic heterocycles. The van der Waals surface area contributed by atoms with Crippen molar-refractivity contribution in [2.75, 3.05) is 6.54 Å². The Balaban J connectivity index is 1.53. The van der Waals surface area contributed by atoms with E-state index < -0.39 is 5.54 Å². The van der Waals surface area contributed by atoms with Crippen molar-refractivity contribution in [2.24, 2.45) is 0 Å². The van der Waals surface area contributed by atoms with E-state index in [4.69, 9.17) is 0 Å². The first-order valence-corrected chi connectivity index (χ1v) is 11.9. The number of rotatable bonds is 7. The number of benzene rings is 1. The van der Waals surface area contributed by atoms with Gasteiger partial charge in [0, 0.05) is 25.2 Å². The second-order valence-corrected chi connectivity index (χ2v) is 9.43. The highest BCUT2D eigenvalue weighted by molar-refractivity contribution is 6.01. The van der Waals surface area contributed by atoms with Crippen LogP contribution in [0.5, 0.6) is 0 Å². The monoisotopic (exact) mass is 451 g/mol. The van der Waals surface area contributed by atoms with Gasteiger partial charge in [-0.15, -0.1) is 0 Å². The van der Waals surface area contributed by atoms with Gasteiger partial charge in [0.1, 0.15) is 11.2 Å². The molecular weight excluding hydrogens is 418 g/mol. The highest BCUT2D eigenvalue weighted by Gasteiger charge is 2.48. The van der Waals surface area contributed by atoms with Crippen LogP contribution in [0.3, 0.4) is 0 Å². The summed E-state index contributed by atoms with van der Waals surface area (Å²) in [5.74, 6) is -0.760. The van der Waals surface area contributed by atoms with E-state index in [1.807, 2.05) is 38.1 Å². The van der Waals surface area contributed by atoms with Gasteiger partial charge >= 0.3 is 0 Å². The van der Waals surface area contributed by atoms with Gasteiger partial charge in [-0.1, -0.05) is 49.6 Å². The van der Waals surface area contributed by atoms with Gasteiger partial charge in [-0.05, 0) is 38.7 Å². The molecule has 2 aliphatic rings. The van der Waals surface area contributed by atoms with E-state index in [1.54, 1.807) is 11.8 Å². The van der Waals surface area contributed by atoms with Gasteiger partial charge in [0.05, 0.1) is 6.54 Å². The number of hydrogen-bond donors (Lipinski definition) is 2. The minimum Gasteiger partial charge on any atom is -0.351 e. The van der Waals surface area contributed by atoms with E-state index in [-0.39, 0.29) is 36.0 Å². The Labute approximate surface area is 194 Å². The molecule has 8 heteroatoms. The molecule has 1 atom stereocenters. The second-order valence-electron chi connectivity index (χ2n) is 9.43. The van der Waals surface area contributed by atoms with E-state index >= 15 is 0 Å². The number of nitrogens with one attached hydrogen (secondary N) is 2. The third-order valence-electron chi connectivity index (χ3n) is 6.73. The van der Waals surface area contributed by atoms with E-state index in [2.05, 4.69) is 15.7 Å². The molecule has 0 bridgehead atoms. The molecule has 1 aliphatic carbocycles. The first-order valence-electron chi connectivity index (χ1n) is 11.9. The molecule has 176 valence electrons. The van der Waals surface area contributed by atoms with Gasteiger partial charge in [0.15, 0.2) is 5.69 Å². The van der Waals surface area contributed by atoms with Gasteiger partial charge in [0.25, 0.3) is 11.8 Å². The molecule has 3 amide bonds. The van der Waals surface area contributed by atoms with Crippen LogP contribution in [-0.4, -0.2) is 50.5 Å². The topological polar surface area (TPSA) is 96.3 Å². The van der Waals surface area contributed by atoms with Crippen LogP contribution < -0.4 is 10.6 Å². The summed E-state index contributed by atoms with van der Waals surface area (Å²) in [4.78, 5) is 41.1. The molecule has 4 rings (SSSR count). The third-order valence-corrected chi connectivity index (χ3v) is 6.73. The van der Waals surface area contributed by atoms with Crippen LogP contribution >= 0.6 is 0 Å². The Kier molecular flexibility index (Phi) is 6.54. The van der Waals surface area contributed by atoms with Crippen molar-refractivity contribution >= 4 is 17.7 Å². The van der Waals surface area contributed by atoms with Crippen LogP contribution in [0, 0.1) is 6.92 Å². The molecule has 0 radical (unpaired) electrons. The van der Waals surface area contributed by atoms with Crippen molar-refractivity contribution < 1.29 is 14.4 Å². The SMILES string of the molecule is CCCN1C(=O)c2cc(C(=O)NCc3ccc(C)cc3)nn2CC1(C)C(=O)NC1CCCC1. The molecule has 33 heavy (non-hydrogen) atoms. The lowest BCUT2D eigenvalue weighted by Crippen LogP contribution is -2.65. The molecular formula is C25H33N5O3. The summed E-state index contributed by atoms with van der Waals surface area (Å²) < 4.78 is 1.52. The maximum atomic E-state index is 13.4. The van der Waals surface area contributed by atoms with Gasteiger partial charge in [-0.3, -0.25) is 19.1 Å². The maximum Gasteiger partial charge on any atom is 0.273 e. The molecule has 2 aromatic rings. The number of fused-ring (bicyclic) bond motifs is 1. The average molecular weight is 452 g/mol. The zero-order valence-electron chi connectivity index (χ0n) is 19.7. The summed E-state index contributed by atoms with van der Waals surface area (Å²) in [7, 11) is 0. The van der Waals surface area contributed by atoms with Crippen LogP contribution in [0.15, 0.2) is 30.3 Å². The largest absolute Gasteiger partial charge is 0.351 e. The van der Waals surface area contributed by atoms with Crippen molar-refractivity contribution in [2.45, 2.75) is 77.5 Å². The number of aryl methyl sites for hydroxylation is 1. The van der Waals surface area contributed by atoms with Crippen molar-refractivity contribution in [1.29, 1.82) is 0 Å². The second kappa shape index (κ2) is 9.37. The van der Waals surface area contributed by atoms with Crippen LogP contribution in [-0.2, 0) is 17.9 Å². The van der Waals surface area contributed by atoms with Crippen LogP contribution in [0.25, 0.3) is 0 Å². The molecule has 8 nitrogen and oxygen atoms in total. The molecule has 1 saturated carbocycles. The fraction of sp³-hybridized carbons (Fsp3) is 0.520. The zero-order valence-corrected chi connectivity index (χ0v) is 19.7. The molecule has 1 aliphatic heterocycles. The summed E-state index contributed by atoms with van der Waals surface area (Å²) in [6.45, 7) is 6.85. The quantitative estimate of drug-likeness (QED) is 0.677. The smallest absolute Gasteiger partial charge is 0.273 e. The summed E-state index contributed by atoms with van der Waals surface area (Å²) in [5, 5.41) is 10.4. The Morgan fingerprint density at radius 3 is 2.55 bits per heavy atom. The van der Waals surface area contributed by atoms with Gasteiger partial charge in [0.2, 0.25) is 5.91 Å². The van der Waals surface area contributed by atoms with Crippen molar-refractivity contribution in [3.05, 3.63) is 52.8 Å². The summed E-state index contributed by atoms with van der Waals surface area (Å²) in [6.07, 6.45) is 4.91. The van der Waals surface area contributed by atoms with Gasteiger partial charge < -0.3 is 15.5 Å². The van der Waals surface area contributed by atoms with Crippen LogP contribution in [0.1, 0.15) is 78.1 Å². The van der Waals surface area contributed by atoms with Crippen molar-refractivity contribution in [3.8, 4) is 0 Å². The van der Waals surface area contributed by atoms with E-state index in [0.29, 0.717) is 18.8 Å². The summed E-state index contributed by atoms with van der Waals surface area (Å²) in [5.41, 5.74) is 1.61. The molecule has 0 spiro atoms. The molecule has 1 unspecified atom stereocenters. The van der Waals surface area contributed by atoms with Crippen molar-refractivity contribution in [1.82, 2.24) is 25.3 Å². The molecule has 1 aromatic carbocycles. The Morgan fingerprint density at radius 2 is 1.88 bits per heavy atom. The Morgan fingerprint density at radius 1 is 1.18 bits per heavy atom. The minimum absolute atomic E-state index is 0.150. The molecule has 2 heterocycles. The zero-order chi connectivity index (χ0) is 23.6. The van der Waals surface area contributed by atoms with Crippen molar-refractivity contribution in [3.63, 3.8) is 0 Å². The number of carbonyl (C=O) groups excluding carboxylic acids is 3. The maximum absolute atomic E-state index is 13.4. The molecule has 2 N–H and O–H groups in total. The lowest BCUT2D eigenvalue weighted by Gasteiger charge is -2.43.